The number of pyridine rings is 1. The molecule has 3 aromatic rings. The third-order valence-corrected chi connectivity index (χ3v) is 5.03. The lowest BCUT2D eigenvalue weighted by Gasteiger charge is -2.16. The molecule has 1 N–H and O–H groups in total. The molecule has 6 nitrogen and oxygen atoms in total. The molecule has 0 spiro atoms. The van der Waals surface area contributed by atoms with Gasteiger partial charge in [-0.2, -0.15) is 4.99 Å². The molecule has 0 saturated heterocycles. The highest BCUT2D eigenvalue weighted by atomic mass is 35.5. The first-order valence-corrected chi connectivity index (χ1v) is 8.92. The number of hydrogen-bond acceptors (Lipinski definition) is 4. The van der Waals surface area contributed by atoms with Crippen molar-refractivity contribution in [3.05, 3.63) is 60.0 Å². The van der Waals surface area contributed by atoms with Crippen molar-refractivity contribution in [2.45, 2.75) is 32.9 Å². The second-order valence-electron chi connectivity index (χ2n) is 6.68. The van der Waals surface area contributed by atoms with Gasteiger partial charge in [0.15, 0.2) is 0 Å². The van der Waals surface area contributed by atoms with Crippen LogP contribution >= 0.6 is 12.4 Å². The molecule has 140 valence electrons. The van der Waals surface area contributed by atoms with Crippen molar-refractivity contribution >= 4 is 35.0 Å². The molecule has 3 heterocycles. The Kier molecular flexibility index (Phi) is 5.56. The van der Waals surface area contributed by atoms with Crippen LogP contribution in [0.4, 0.5) is 5.82 Å². The maximum atomic E-state index is 12.5. The van der Waals surface area contributed by atoms with Crippen LogP contribution in [0.25, 0.3) is 10.9 Å². The summed E-state index contributed by atoms with van der Waals surface area (Å²) in [5.41, 5.74) is 1.72. The molecule has 0 radical (unpaired) electrons. The van der Waals surface area contributed by atoms with Crippen LogP contribution in [0.2, 0.25) is 0 Å². The molecule has 1 amide bonds. The fraction of sp³-hybridized carbons (Fsp3) is 0.300. The van der Waals surface area contributed by atoms with E-state index >= 15 is 0 Å². The van der Waals surface area contributed by atoms with E-state index in [4.69, 9.17) is 0 Å². The Bertz CT molecular complexity index is 1030. The molecule has 27 heavy (non-hydrogen) atoms. The highest BCUT2D eigenvalue weighted by Gasteiger charge is 2.27. The molecular weight excluding hydrogens is 362 g/mol. The summed E-state index contributed by atoms with van der Waals surface area (Å²) in [5.74, 6) is 1.16. The first-order chi connectivity index (χ1) is 12.7. The van der Waals surface area contributed by atoms with Crippen LogP contribution in [-0.4, -0.2) is 26.5 Å². The Morgan fingerprint density at radius 3 is 2.89 bits per heavy atom. The van der Waals surface area contributed by atoms with Gasteiger partial charge in [0.1, 0.15) is 5.82 Å². The lowest BCUT2D eigenvalue weighted by atomic mass is 10.0. The van der Waals surface area contributed by atoms with Crippen molar-refractivity contribution in [3.63, 3.8) is 0 Å². The number of hydrogen-bond donors (Lipinski definition) is 1. The molecule has 1 aliphatic heterocycles. The number of anilines is 1. The predicted octanol–water partition coefficient (Wildman–Crippen LogP) is 3.43. The van der Waals surface area contributed by atoms with Crippen molar-refractivity contribution in [2.75, 3.05) is 5.32 Å². The van der Waals surface area contributed by atoms with Gasteiger partial charge >= 0.3 is 0 Å². The number of fused-ring (bicyclic) bond motifs is 3. The van der Waals surface area contributed by atoms with Gasteiger partial charge in [-0.25, -0.2) is 4.98 Å². The number of amides is 1. The summed E-state index contributed by atoms with van der Waals surface area (Å²) < 4.78 is 2.02. The fourth-order valence-electron chi connectivity index (χ4n) is 3.27. The van der Waals surface area contributed by atoms with E-state index < -0.39 is 0 Å². The van der Waals surface area contributed by atoms with Crippen LogP contribution < -0.4 is 10.9 Å². The van der Waals surface area contributed by atoms with E-state index in [0.717, 1.165) is 29.7 Å². The number of halogens is 1. The standard InChI is InChI=1S/C20H21N5O.ClH/c1-3-13(2)17-12-25-18(22-17)15-8-4-5-9-16(15)23-20(25)24-19(26)14-7-6-10-21-11-14;/h4-11,13,17,22H,3,12H2,1-2H3;1H/t13?,17-;/m1./s1. The summed E-state index contributed by atoms with van der Waals surface area (Å²) in [6, 6.07) is 11.7. The lowest BCUT2D eigenvalue weighted by Crippen LogP contribution is -2.28. The Labute approximate surface area is 163 Å². The average molecular weight is 384 g/mol. The maximum absolute atomic E-state index is 12.5. The van der Waals surface area contributed by atoms with Crippen LogP contribution in [0.3, 0.4) is 0 Å². The lowest BCUT2D eigenvalue weighted by molar-refractivity contribution is 0.0996. The molecule has 0 bridgehead atoms. The monoisotopic (exact) mass is 383 g/mol. The minimum absolute atomic E-state index is 0. The van der Waals surface area contributed by atoms with Gasteiger partial charge < -0.3 is 5.32 Å². The van der Waals surface area contributed by atoms with Crippen LogP contribution in [0.15, 0.2) is 53.8 Å². The van der Waals surface area contributed by atoms with Gasteiger partial charge in [0, 0.05) is 30.4 Å². The fourth-order valence-corrected chi connectivity index (χ4v) is 3.27. The number of carbonyl (C=O) groups is 1. The maximum Gasteiger partial charge on any atom is 0.281 e. The van der Waals surface area contributed by atoms with Gasteiger partial charge in [-0.1, -0.05) is 32.4 Å². The van der Waals surface area contributed by atoms with Crippen molar-refractivity contribution in [1.29, 1.82) is 0 Å². The summed E-state index contributed by atoms with van der Waals surface area (Å²) in [6.45, 7) is 5.17. The molecular formula is C20H22ClN5O. The van der Waals surface area contributed by atoms with E-state index in [1.165, 1.54) is 6.20 Å². The number of rotatable bonds is 3. The zero-order chi connectivity index (χ0) is 18.1. The first kappa shape index (κ1) is 19.0. The molecule has 1 unspecified atom stereocenters. The SMILES string of the molecule is CCC(C)[C@H]1Cn2c(c3ccccc3nc2=NC(=O)c2cccnc2)N1.Cl. The van der Waals surface area contributed by atoms with E-state index in [2.05, 4.69) is 34.1 Å². The smallest absolute Gasteiger partial charge is 0.281 e. The Morgan fingerprint density at radius 1 is 1.33 bits per heavy atom. The van der Waals surface area contributed by atoms with Crippen molar-refractivity contribution in [2.24, 2.45) is 10.9 Å². The van der Waals surface area contributed by atoms with E-state index in [-0.39, 0.29) is 18.3 Å². The zero-order valence-electron chi connectivity index (χ0n) is 15.3. The second kappa shape index (κ2) is 7.88. The van der Waals surface area contributed by atoms with Gasteiger partial charge in [-0.3, -0.25) is 14.3 Å². The van der Waals surface area contributed by atoms with E-state index in [1.807, 2.05) is 28.8 Å². The number of benzene rings is 1. The zero-order valence-corrected chi connectivity index (χ0v) is 16.1. The van der Waals surface area contributed by atoms with Crippen LogP contribution in [0.5, 0.6) is 0 Å². The summed E-state index contributed by atoms with van der Waals surface area (Å²) in [7, 11) is 0. The average Bonchev–Trinajstić information content (AvgIpc) is 3.14. The Morgan fingerprint density at radius 2 is 2.15 bits per heavy atom. The van der Waals surface area contributed by atoms with E-state index in [1.54, 1.807) is 18.3 Å². The molecule has 0 fully saturated rings. The predicted molar refractivity (Wildman–Crippen MR) is 108 cm³/mol. The number of aromatic nitrogens is 3. The number of carbonyl (C=O) groups excluding carboxylic acids is 1. The van der Waals surface area contributed by atoms with Gasteiger partial charge in [-0.15, -0.1) is 12.4 Å². The third-order valence-electron chi connectivity index (χ3n) is 5.03. The van der Waals surface area contributed by atoms with Crippen LogP contribution in [-0.2, 0) is 6.54 Å². The summed E-state index contributed by atoms with van der Waals surface area (Å²) >= 11 is 0. The molecule has 4 rings (SSSR count). The highest BCUT2D eigenvalue weighted by Crippen LogP contribution is 2.28. The van der Waals surface area contributed by atoms with Gasteiger partial charge in [0.25, 0.3) is 5.91 Å². The Hall–Kier alpha value is -2.73. The van der Waals surface area contributed by atoms with Crippen LogP contribution in [0, 0.1) is 5.92 Å². The quantitative estimate of drug-likeness (QED) is 0.752. The minimum atomic E-state index is -0.331. The van der Waals surface area contributed by atoms with Crippen molar-refractivity contribution in [1.82, 2.24) is 14.5 Å². The number of nitrogens with one attached hydrogen (secondary N) is 1. The minimum Gasteiger partial charge on any atom is -0.366 e. The summed E-state index contributed by atoms with van der Waals surface area (Å²) in [4.78, 5) is 25.5. The molecule has 0 saturated carbocycles. The van der Waals surface area contributed by atoms with Gasteiger partial charge in [0.2, 0.25) is 5.62 Å². The van der Waals surface area contributed by atoms with E-state index in [9.17, 15) is 4.79 Å². The summed E-state index contributed by atoms with van der Waals surface area (Å²) in [5, 5.41) is 4.67. The molecule has 1 aromatic carbocycles. The van der Waals surface area contributed by atoms with Gasteiger partial charge in [-0.05, 0) is 30.2 Å². The molecule has 7 heteroatoms. The largest absolute Gasteiger partial charge is 0.366 e. The van der Waals surface area contributed by atoms with E-state index in [0.29, 0.717) is 23.1 Å². The Balaban J connectivity index is 0.00000210. The molecule has 2 atom stereocenters. The van der Waals surface area contributed by atoms with Gasteiger partial charge in [0.05, 0.1) is 11.1 Å². The number of para-hydroxylation sites is 1. The third kappa shape index (κ3) is 3.57. The van der Waals surface area contributed by atoms with Crippen molar-refractivity contribution < 1.29 is 4.79 Å². The normalized spacial score (nSPS) is 17.1. The summed E-state index contributed by atoms with van der Waals surface area (Å²) in [6.07, 6.45) is 4.24. The first-order valence-electron chi connectivity index (χ1n) is 8.92. The highest BCUT2D eigenvalue weighted by molar-refractivity contribution is 5.95. The molecule has 2 aromatic heterocycles. The van der Waals surface area contributed by atoms with Crippen LogP contribution in [0.1, 0.15) is 30.6 Å². The number of nitrogens with zero attached hydrogens (tertiary/aromatic N) is 4. The molecule has 1 aliphatic rings. The topological polar surface area (TPSA) is 72.2 Å². The van der Waals surface area contributed by atoms with Crippen molar-refractivity contribution in [3.8, 4) is 0 Å². The second-order valence-corrected chi connectivity index (χ2v) is 6.68. The molecule has 0 aliphatic carbocycles.